The van der Waals surface area contributed by atoms with Crippen molar-refractivity contribution in [1.29, 1.82) is 0 Å². The lowest BCUT2D eigenvalue weighted by Gasteiger charge is -2.09. The molecule has 2 aromatic rings. The van der Waals surface area contributed by atoms with Crippen molar-refractivity contribution < 1.29 is 18.7 Å². The third kappa shape index (κ3) is 2.72. The summed E-state index contributed by atoms with van der Waals surface area (Å²) >= 11 is 0. The van der Waals surface area contributed by atoms with Crippen LogP contribution in [0.2, 0.25) is 0 Å². The predicted molar refractivity (Wildman–Crippen MR) is 77.6 cm³/mol. The predicted octanol–water partition coefficient (Wildman–Crippen LogP) is 2.09. The van der Waals surface area contributed by atoms with Crippen LogP contribution in [0.4, 0.5) is 4.39 Å². The Balaban J connectivity index is 1.70. The molecule has 0 radical (unpaired) electrons. The van der Waals surface area contributed by atoms with Crippen LogP contribution in [0.25, 0.3) is 0 Å². The minimum absolute atomic E-state index is 0.110. The SMILES string of the molecule is COc1ccc(C(=O)NCc2cncc3c2CCO3)cc1F. The molecule has 6 heteroatoms. The molecule has 1 aromatic carbocycles. The van der Waals surface area contributed by atoms with Crippen LogP contribution < -0.4 is 14.8 Å². The van der Waals surface area contributed by atoms with Gasteiger partial charge in [0.2, 0.25) is 0 Å². The van der Waals surface area contributed by atoms with E-state index in [0.717, 1.165) is 29.4 Å². The van der Waals surface area contributed by atoms with Crippen LogP contribution in [-0.4, -0.2) is 24.6 Å². The van der Waals surface area contributed by atoms with E-state index in [0.29, 0.717) is 13.2 Å². The summed E-state index contributed by atoms with van der Waals surface area (Å²) in [5.41, 5.74) is 2.23. The summed E-state index contributed by atoms with van der Waals surface area (Å²) in [5.74, 6) is -0.0371. The van der Waals surface area contributed by atoms with E-state index in [1.54, 1.807) is 12.4 Å². The Morgan fingerprint density at radius 1 is 1.45 bits per heavy atom. The third-order valence-corrected chi connectivity index (χ3v) is 3.57. The van der Waals surface area contributed by atoms with E-state index in [1.165, 1.54) is 19.2 Å². The minimum atomic E-state index is -0.564. The van der Waals surface area contributed by atoms with Crippen molar-refractivity contribution >= 4 is 5.91 Å². The summed E-state index contributed by atoms with van der Waals surface area (Å²) in [6.45, 7) is 0.956. The second-order valence-corrected chi connectivity index (χ2v) is 4.91. The summed E-state index contributed by atoms with van der Waals surface area (Å²) in [6.07, 6.45) is 4.19. The minimum Gasteiger partial charge on any atom is -0.494 e. The molecule has 3 rings (SSSR count). The molecule has 0 fully saturated rings. The lowest BCUT2D eigenvalue weighted by Crippen LogP contribution is -2.23. The van der Waals surface area contributed by atoms with Gasteiger partial charge in [-0.15, -0.1) is 0 Å². The summed E-state index contributed by atoms with van der Waals surface area (Å²) < 4.78 is 23.9. The van der Waals surface area contributed by atoms with Crippen molar-refractivity contribution in [3.8, 4) is 11.5 Å². The van der Waals surface area contributed by atoms with Gasteiger partial charge in [-0.05, 0) is 23.8 Å². The van der Waals surface area contributed by atoms with Crippen molar-refractivity contribution in [1.82, 2.24) is 10.3 Å². The third-order valence-electron chi connectivity index (χ3n) is 3.57. The molecular formula is C16H15FN2O3. The van der Waals surface area contributed by atoms with E-state index in [4.69, 9.17) is 9.47 Å². The van der Waals surface area contributed by atoms with Crippen molar-refractivity contribution in [2.75, 3.05) is 13.7 Å². The average molecular weight is 302 g/mol. The highest BCUT2D eigenvalue weighted by Crippen LogP contribution is 2.26. The number of methoxy groups -OCH3 is 1. The standard InChI is InChI=1S/C16H15FN2O3/c1-21-14-3-2-10(6-13(14)17)16(20)19-8-11-7-18-9-15-12(11)4-5-22-15/h2-3,6-7,9H,4-5,8H2,1H3,(H,19,20). The Labute approximate surface area is 127 Å². The second-order valence-electron chi connectivity index (χ2n) is 4.91. The molecule has 0 bridgehead atoms. The number of amides is 1. The molecule has 2 heterocycles. The molecule has 0 spiro atoms. The van der Waals surface area contributed by atoms with Gasteiger partial charge in [0, 0.05) is 30.3 Å². The lowest BCUT2D eigenvalue weighted by molar-refractivity contribution is 0.0950. The maximum Gasteiger partial charge on any atom is 0.251 e. The average Bonchev–Trinajstić information content (AvgIpc) is 3.01. The molecule has 1 N–H and O–H groups in total. The number of pyridine rings is 1. The number of nitrogens with zero attached hydrogens (tertiary/aromatic N) is 1. The van der Waals surface area contributed by atoms with Crippen molar-refractivity contribution in [3.63, 3.8) is 0 Å². The number of carbonyl (C=O) groups excluding carboxylic acids is 1. The van der Waals surface area contributed by atoms with E-state index >= 15 is 0 Å². The van der Waals surface area contributed by atoms with Crippen LogP contribution >= 0.6 is 0 Å². The normalized spacial score (nSPS) is 12.5. The number of rotatable bonds is 4. The van der Waals surface area contributed by atoms with Gasteiger partial charge < -0.3 is 14.8 Å². The maximum atomic E-state index is 13.6. The number of aromatic nitrogens is 1. The maximum absolute atomic E-state index is 13.6. The number of nitrogens with one attached hydrogen (secondary N) is 1. The highest BCUT2D eigenvalue weighted by Gasteiger charge is 2.17. The molecule has 0 saturated heterocycles. The fourth-order valence-corrected chi connectivity index (χ4v) is 2.42. The molecule has 1 aromatic heterocycles. The summed E-state index contributed by atoms with van der Waals surface area (Å²) in [4.78, 5) is 16.2. The van der Waals surface area contributed by atoms with Gasteiger partial charge in [0.25, 0.3) is 5.91 Å². The van der Waals surface area contributed by atoms with Gasteiger partial charge in [-0.2, -0.15) is 0 Å². The largest absolute Gasteiger partial charge is 0.494 e. The number of carbonyl (C=O) groups is 1. The van der Waals surface area contributed by atoms with Gasteiger partial charge in [0.05, 0.1) is 19.9 Å². The smallest absolute Gasteiger partial charge is 0.251 e. The number of hydrogen-bond acceptors (Lipinski definition) is 4. The van der Waals surface area contributed by atoms with E-state index in [1.807, 2.05) is 0 Å². The van der Waals surface area contributed by atoms with E-state index < -0.39 is 5.82 Å². The fraction of sp³-hybridized carbons (Fsp3) is 0.250. The zero-order valence-electron chi connectivity index (χ0n) is 12.1. The van der Waals surface area contributed by atoms with Crippen molar-refractivity contribution in [2.45, 2.75) is 13.0 Å². The molecule has 1 amide bonds. The zero-order chi connectivity index (χ0) is 15.5. The van der Waals surface area contributed by atoms with E-state index in [-0.39, 0.29) is 17.2 Å². The second kappa shape index (κ2) is 6.01. The molecule has 5 nitrogen and oxygen atoms in total. The van der Waals surface area contributed by atoms with Crippen molar-refractivity contribution in [3.05, 3.63) is 53.1 Å². The molecule has 22 heavy (non-hydrogen) atoms. The fourth-order valence-electron chi connectivity index (χ4n) is 2.42. The van der Waals surface area contributed by atoms with Crippen LogP contribution in [0.15, 0.2) is 30.6 Å². The number of fused-ring (bicyclic) bond motifs is 1. The summed E-state index contributed by atoms with van der Waals surface area (Å²) in [7, 11) is 1.38. The lowest BCUT2D eigenvalue weighted by atomic mass is 10.1. The highest BCUT2D eigenvalue weighted by molar-refractivity contribution is 5.94. The van der Waals surface area contributed by atoms with Crippen LogP contribution in [0, 0.1) is 5.82 Å². The van der Waals surface area contributed by atoms with Crippen LogP contribution in [0.1, 0.15) is 21.5 Å². The van der Waals surface area contributed by atoms with Crippen LogP contribution in [0.5, 0.6) is 11.5 Å². The Kier molecular flexibility index (Phi) is 3.91. The molecule has 114 valence electrons. The summed E-state index contributed by atoms with van der Waals surface area (Å²) in [6, 6.07) is 4.11. The molecule has 0 atom stereocenters. The first-order chi connectivity index (χ1) is 10.7. The number of ether oxygens (including phenoxy) is 2. The monoisotopic (exact) mass is 302 g/mol. The van der Waals surface area contributed by atoms with E-state index in [9.17, 15) is 9.18 Å². The van der Waals surface area contributed by atoms with Crippen LogP contribution in [-0.2, 0) is 13.0 Å². The molecular weight excluding hydrogens is 287 g/mol. The quantitative estimate of drug-likeness (QED) is 0.939. The zero-order valence-corrected chi connectivity index (χ0v) is 12.1. The molecule has 0 aliphatic carbocycles. The Morgan fingerprint density at radius 3 is 3.09 bits per heavy atom. The first-order valence-corrected chi connectivity index (χ1v) is 6.89. The van der Waals surface area contributed by atoms with Gasteiger partial charge in [-0.25, -0.2) is 4.39 Å². The highest BCUT2D eigenvalue weighted by atomic mass is 19.1. The van der Waals surface area contributed by atoms with Gasteiger partial charge in [0.15, 0.2) is 11.6 Å². The first kappa shape index (κ1) is 14.3. The topological polar surface area (TPSA) is 60.5 Å². The number of hydrogen-bond donors (Lipinski definition) is 1. The Morgan fingerprint density at radius 2 is 2.32 bits per heavy atom. The molecule has 0 unspecified atom stereocenters. The molecule has 1 aliphatic heterocycles. The first-order valence-electron chi connectivity index (χ1n) is 6.89. The molecule has 0 saturated carbocycles. The van der Waals surface area contributed by atoms with E-state index in [2.05, 4.69) is 10.3 Å². The van der Waals surface area contributed by atoms with Gasteiger partial charge in [-0.1, -0.05) is 0 Å². The van der Waals surface area contributed by atoms with Gasteiger partial charge in [0.1, 0.15) is 5.75 Å². The Hall–Kier alpha value is -2.63. The number of halogens is 1. The van der Waals surface area contributed by atoms with Crippen molar-refractivity contribution in [2.24, 2.45) is 0 Å². The summed E-state index contributed by atoms with van der Waals surface area (Å²) in [5, 5.41) is 2.77. The van der Waals surface area contributed by atoms with Gasteiger partial charge >= 0.3 is 0 Å². The Bertz CT molecular complexity index is 719. The molecule has 1 aliphatic rings. The van der Waals surface area contributed by atoms with Crippen LogP contribution in [0.3, 0.4) is 0 Å². The number of benzene rings is 1. The van der Waals surface area contributed by atoms with Gasteiger partial charge in [-0.3, -0.25) is 9.78 Å².